The molecular weight excluding hydrogens is 542 g/mol. The van der Waals surface area contributed by atoms with Gasteiger partial charge in [0.25, 0.3) is 0 Å². The summed E-state index contributed by atoms with van der Waals surface area (Å²) in [6, 6.07) is 0.228. The Morgan fingerprint density at radius 3 is 2.50 bits per heavy atom. The molecule has 244 valence electrons. The lowest BCUT2D eigenvalue weighted by Gasteiger charge is -2.30. The van der Waals surface area contributed by atoms with Crippen molar-refractivity contribution in [3.8, 4) is 0 Å². The number of rotatable bonds is 19. The van der Waals surface area contributed by atoms with Crippen molar-refractivity contribution in [2.45, 2.75) is 92.2 Å². The molecular formula is C39H61N3O2. The normalized spacial score (nSPS) is 14.2. The number of allylic oxidation sites excluding steroid dienone is 10. The molecule has 1 atom stereocenters. The van der Waals surface area contributed by atoms with Gasteiger partial charge in [0.15, 0.2) is 6.79 Å². The molecule has 0 amide bonds. The molecule has 0 saturated heterocycles. The fraction of sp³-hybridized carbons (Fsp3) is 0.462. The van der Waals surface area contributed by atoms with Crippen molar-refractivity contribution in [3.05, 3.63) is 128 Å². The molecule has 5 nitrogen and oxygen atoms in total. The van der Waals surface area contributed by atoms with Crippen molar-refractivity contribution in [1.29, 1.82) is 0 Å². The molecule has 1 aromatic rings. The lowest BCUT2D eigenvalue weighted by atomic mass is 10.1. The van der Waals surface area contributed by atoms with E-state index < -0.39 is 0 Å². The van der Waals surface area contributed by atoms with Crippen LogP contribution in [0, 0.1) is 0 Å². The van der Waals surface area contributed by atoms with E-state index in [1.807, 2.05) is 0 Å². The van der Waals surface area contributed by atoms with Gasteiger partial charge < -0.3 is 14.0 Å². The minimum Gasteiger partial charge on any atom is -0.468 e. The molecule has 0 aliphatic heterocycles. The average molecular weight is 604 g/mol. The van der Waals surface area contributed by atoms with Crippen LogP contribution < -0.4 is 0 Å². The van der Waals surface area contributed by atoms with Gasteiger partial charge in [0.2, 0.25) is 0 Å². The third-order valence-electron chi connectivity index (χ3n) is 6.94. The van der Waals surface area contributed by atoms with Crippen molar-refractivity contribution in [1.82, 2.24) is 14.5 Å². The van der Waals surface area contributed by atoms with Gasteiger partial charge in [0, 0.05) is 39.2 Å². The Bertz CT molecular complexity index is 1100. The third-order valence-corrected chi connectivity index (χ3v) is 6.94. The van der Waals surface area contributed by atoms with Crippen LogP contribution in [-0.4, -0.2) is 41.4 Å². The zero-order valence-corrected chi connectivity index (χ0v) is 28.8. The van der Waals surface area contributed by atoms with Crippen LogP contribution in [0.3, 0.4) is 0 Å². The maximum absolute atomic E-state index is 5.71. The Balaban J connectivity index is 0.00000443. The van der Waals surface area contributed by atoms with Gasteiger partial charge in [-0.25, -0.2) is 4.98 Å². The lowest BCUT2D eigenvalue weighted by molar-refractivity contribution is 0.00974. The molecule has 0 radical (unpaired) electrons. The molecule has 2 rings (SSSR count). The SMILES string of the molecule is C/C=C\C(=C/CC)CN(CC/C=C\C(=C/CC)OCOC)C(C)c1cnc(CC2=CC=CCC=C2)n1CCCC.C=C.C=C. The van der Waals surface area contributed by atoms with Gasteiger partial charge in [-0.1, -0.05) is 81.9 Å². The van der Waals surface area contributed by atoms with Gasteiger partial charge in [-0.15, -0.1) is 26.3 Å². The van der Waals surface area contributed by atoms with E-state index in [1.165, 1.54) is 16.8 Å². The topological polar surface area (TPSA) is 39.5 Å². The van der Waals surface area contributed by atoms with E-state index in [1.54, 1.807) is 7.11 Å². The fourth-order valence-corrected chi connectivity index (χ4v) is 4.84. The highest BCUT2D eigenvalue weighted by molar-refractivity contribution is 5.31. The van der Waals surface area contributed by atoms with E-state index in [9.17, 15) is 0 Å². The second kappa shape index (κ2) is 27.2. The quantitative estimate of drug-likeness (QED) is 0.0682. The van der Waals surface area contributed by atoms with Crippen LogP contribution in [0.2, 0.25) is 0 Å². The van der Waals surface area contributed by atoms with Gasteiger partial charge in [0.1, 0.15) is 11.6 Å². The molecule has 0 spiro atoms. The van der Waals surface area contributed by atoms with Crippen LogP contribution in [0.25, 0.3) is 0 Å². The summed E-state index contributed by atoms with van der Waals surface area (Å²) in [6.45, 7) is 26.1. The summed E-state index contributed by atoms with van der Waals surface area (Å²) in [4.78, 5) is 7.56. The molecule has 1 unspecified atom stereocenters. The predicted molar refractivity (Wildman–Crippen MR) is 193 cm³/mol. The van der Waals surface area contributed by atoms with Crippen molar-refractivity contribution >= 4 is 0 Å². The van der Waals surface area contributed by atoms with E-state index in [0.29, 0.717) is 0 Å². The van der Waals surface area contributed by atoms with Crippen LogP contribution in [0.15, 0.2) is 116 Å². The average Bonchev–Trinajstić information content (AvgIpc) is 3.25. The first-order chi connectivity index (χ1) is 21.6. The number of imidazole rings is 1. The number of methoxy groups -OCH3 is 1. The van der Waals surface area contributed by atoms with Gasteiger partial charge in [-0.2, -0.15) is 0 Å². The zero-order chi connectivity index (χ0) is 33.0. The second-order valence-corrected chi connectivity index (χ2v) is 10.2. The highest BCUT2D eigenvalue weighted by Crippen LogP contribution is 2.26. The number of ether oxygens (including phenoxy) is 2. The summed E-state index contributed by atoms with van der Waals surface area (Å²) >= 11 is 0. The summed E-state index contributed by atoms with van der Waals surface area (Å²) in [5.41, 5.74) is 3.97. The molecule has 0 saturated carbocycles. The molecule has 0 fully saturated rings. The number of unbranched alkanes of at least 4 members (excludes halogenated alkanes) is 1. The zero-order valence-electron chi connectivity index (χ0n) is 28.8. The number of aromatic nitrogens is 2. The Kier molecular flexibility index (Phi) is 25.1. The molecule has 1 aliphatic rings. The largest absolute Gasteiger partial charge is 0.468 e. The lowest BCUT2D eigenvalue weighted by Crippen LogP contribution is -2.31. The van der Waals surface area contributed by atoms with Crippen molar-refractivity contribution in [2.24, 2.45) is 0 Å². The molecule has 44 heavy (non-hydrogen) atoms. The fourth-order valence-electron chi connectivity index (χ4n) is 4.84. The van der Waals surface area contributed by atoms with Gasteiger partial charge in [0.05, 0.1) is 11.9 Å². The maximum Gasteiger partial charge on any atom is 0.188 e. The third kappa shape index (κ3) is 15.9. The van der Waals surface area contributed by atoms with Gasteiger partial charge in [-0.3, -0.25) is 4.90 Å². The molecule has 1 heterocycles. The molecule has 0 N–H and O–H groups in total. The minimum absolute atomic E-state index is 0.228. The first kappa shape index (κ1) is 40.6. The minimum atomic E-state index is 0.228. The Morgan fingerprint density at radius 2 is 1.84 bits per heavy atom. The van der Waals surface area contributed by atoms with Gasteiger partial charge in [-0.05, 0) is 69.2 Å². The number of hydrogen-bond acceptors (Lipinski definition) is 4. The van der Waals surface area contributed by atoms with Crippen molar-refractivity contribution < 1.29 is 9.47 Å². The highest BCUT2D eigenvalue weighted by atomic mass is 16.7. The Morgan fingerprint density at radius 1 is 1.09 bits per heavy atom. The van der Waals surface area contributed by atoms with Crippen LogP contribution >= 0.6 is 0 Å². The molecule has 5 heteroatoms. The first-order valence-electron chi connectivity index (χ1n) is 16.2. The monoisotopic (exact) mass is 603 g/mol. The molecule has 1 aromatic heterocycles. The summed E-state index contributed by atoms with van der Waals surface area (Å²) in [6.07, 6.45) is 33.3. The summed E-state index contributed by atoms with van der Waals surface area (Å²) in [7, 11) is 1.65. The summed E-state index contributed by atoms with van der Waals surface area (Å²) < 4.78 is 13.3. The Labute approximate surface area is 270 Å². The first-order valence-corrected chi connectivity index (χ1v) is 16.2. The van der Waals surface area contributed by atoms with Crippen LogP contribution in [-0.2, 0) is 22.4 Å². The van der Waals surface area contributed by atoms with Crippen LogP contribution in [0.5, 0.6) is 0 Å². The van der Waals surface area contributed by atoms with E-state index in [4.69, 9.17) is 14.5 Å². The highest BCUT2D eigenvalue weighted by Gasteiger charge is 2.22. The standard InChI is InChI=1S/C35H53N3O2.2C2H4/c1-7-11-25-38-34(27-36-35(38)26-31-21-14-12-13-15-22-31)30(5)37(28-32(18-8-2)19-9-3)24-17-16-23-33(20-10-4)40-29-39-6;2*1-2/h8,12,14-16,18-23,27,30H,7,9-11,13,17,24-26,28-29H2,1-6H3;2*1-2H2/b18-8-,23-16-,32-19+,33-20+;;. The molecule has 0 bridgehead atoms. The maximum atomic E-state index is 5.71. The van der Waals surface area contributed by atoms with E-state index in [0.717, 1.165) is 76.2 Å². The molecule has 1 aliphatic carbocycles. The smallest absolute Gasteiger partial charge is 0.188 e. The number of nitrogens with zero attached hydrogens (tertiary/aromatic N) is 3. The van der Waals surface area contributed by atoms with E-state index in [2.05, 4.69) is 143 Å². The van der Waals surface area contributed by atoms with E-state index >= 15 is 0 Å². The van der Waals surface area contributed by atoms with Crippen LogP contribution in [0.1, 0.15) is 90.7 Å². The predicted octanol–water partition coefficient (Wildman–Crippen LogP) is 10.4. The van der Waals surface area contributed by atoms with Gasteiger partial charge >= 0.3 is 0 Å². The second-order valence-electron chi connectivity index (χ2n) is 10.2. The van der Waals surface area contributed by atoms with E-state index in [-0.39, 0.29) is 12.8 Å². The summed E-state index contributed by atoms with van der Waals surface area (Å²) in [5, 5.41) is 0. The number of hydrogen-bond donors (Lipinski definition) is 0. The van der Waals surface area contributed by atoms with Crippen molar-refractivity contribution in [3.63, 3.8) is 0 Å². The van der Waals surface area contributed by atoms with Crippen LogP contribution in [0.4, 0.5) is 0 Å². The Hall–Kier alpha value is -3.41. The van der Waals surface area contributed by atoms with Crippen molar-refractivity contribution in [2.75, 3.05) is 27.0 Å². The summed E-state index contributed by atoms with van der Waals surface area (Å²) in [5.74, 6) is 2.02. The molecule has 0 aromatic carbocycles.